The number of allylic oxidation sites excluding steroid dienone is 1. The smallest absolute Gasteiger partial charge is 0.214 e. The van der Waals surface area contributed by atoms with Crippen LogP contribution in [0.3, 0.4) is 0 Å². The standard InChI is InChI=1S/C25H26FN3O/c1-2-21(17-6-4-3-5-7-17)24(18-8-11-20(12-9-18)30-15-14-27)19-10-13-23(28)22(16-19)25(26)29/h3-13,16,29H,2,14-15,27-28H2,1H3/b24-21+,29-25?. The van der Waals surface area contributed by atoms with Gasteiger partial charge in [-0.2, -0.15) is 4.39 Å². The second-order valence-electron chi connectivity index (χ2n) is 6.85. The zero-order chi connectivity index (χ0) is 21.5. The van der Waals surface area contributed by atoms with E-state index in [0.29, 0.717) is 13.2 Å². The van der Waals surface area contributed by atoms with E-state index in [1.165, 1.54) is 0 Å². The van der Waals surface area contributed by atoms with Crippen LogP contribution in [0.25, 0.3) is 11.1 Å². The maximum absolute atomic E-state index is 13.8. The van der Waals surface area contributed by atoms with Gasteiger partial charge in [0.2, 0.25) is 5.97 Å². The molecule has 0 radical (unpaired) electrons. The molecule has 0 atom stereocenters. The number of hydrogen-bond acceptors (Lipinski definition) is 4. The first-order valence-corrected chi connectivity index (χ1v) is 9.91. The molecule has 3 aromatic rings. The van der Waals surface area contributed by atoms with Gasteiger partial charge in [-0.15, -0.1) is 0 Å². The van der Waals surface area contributed by atoms with E-state index in [-0.39, 0.29) is 11.3 Å². The van der Waals surface area contributed by atoms with Crippen LogP contribution in [0.1, 0.15) is 35.6 Å². The summed E-state index contributed by atoms with van der Waals surface area (Å²) in [6.45, 7) is 2.99. The lowest BCUT2D eigenvalue weighted by atomic mass is 9.87. The number of nitrogens with two attached hydrogens (primary N) is 2. The highest BCUT2D eigenvalue weighted by Gasteiger charge is 2.16. The highest BCUT2D eigenvalue weighted by atomic mass is 19.1. The largest absolute Gasteiger partial charge is 0.492 e. The highest BCUT2D eigenvalue weighted by molar-refractivity contribution is 6.02. The molecule has 0 saturated carbocycles. The molecule has 3 aromatic carbocycles. The summed E-state index contributed by atoms with van der Waals surface area (Å²) in [5.74, 6) is -0.304. The number of hydrogen-bond donors (Lipinski definition) is 3. The number of ether oxygens (including phenoxy) is 1. The summed E-state index contributed by atoms with van der Waals surface area (Å²) in [6, 6.07) is 23.0. The fourth-order valence-electron chi connectivity index (χ4n) is 3.48. The summed E-state index contributed by atoms with van der Waals surface area (Å²) < 4.78 is 19.4. The minimum atomic E-state index is -1.04. The molecular weight excluding hydrogens is 377 g/mol. The van der Waals surface area contributed by atoms with Crippen LogP contribution in [0.5, 0.6) is 5.75 Å². The topological polar surface area (TPSA) is 85.1 Å². The molecule has 0 saturated heterocycles. The molecule has 0 fully saturated rings. The second kappa shape index (κ2) is 9.85. The molecule has 5 N–H and O–H groups in total. The number of anilines is 1. The zero-order valence-corrected chi connectivity index (χ0v) is 17.0. The van der Waals surface area contributed by atoms with Crippen LogP contribution in [-0.2, 0) is 0 Å². The van der Waals surface area contributed by atoms with E-state index in [2.05, 4.69) is 19.1 Å². The van der Waals surface area contributed by atoms with Crippen molar-refractivity contribution in [2.24, 2.45) is 5.73 Å². The molecule has 0 bridgehead atoms. The van der Waals surface area contributed by atoms with Crippen molar-refractivity contribution in [1.29, 1.82) is 5.41 Å². The Labute approximate surface area is 176 Å². The van der Waals surface area contributed by atoms with Crippen molar-refractivity contribution < 1.29 is 9.13 Å². The third kappa shape index (κ3) is 4.75. The van der Waals surface area contributed by atoms with E-state index >= 15 is 0 Å². The Morgan fingerprint density at radius 1 is 0.933 bits per heavy atom. The van der Waals surface area contributed by atoms with Crippen LogP contribution in [0.2, 0.25) is 0 Å². The zero-order valence-electron chi connectivity index (χ0n) is 17.0. The van der Waals surface area contributed by atoms with Gasteiger partial charge in [0.05, 0.1) is 5.56 Å². The Hall–Kier alpha value is -3.44. The van der Waals surface area contributed by atoms with Crippen LogP contribution in [0, 0.1) is 5.41 Å². The summed E-state index contributed by atoms with van der Waals surface area (Å²) in [6.07, 6.45) is 0.775. The Morgan fingerprint density at radius 2 is 1.60 bits per heavy atom. The molecule has 0 amide bonds. The molecule has 0 aliphatic heterocycles. The van der Waals surface area contributed by atoms with Gasteiger partial charge in [-0.1, -0.05) is 55.5 Å². The van der Waals surface area contributed by atoms with Crippen molar-refractivity contribution in [3.63, 3.8) is 0 Å². The van der Waals surface area contributed by atoms with E-state index in [9.17, 15) is 4.39 Å². The normalized spacial score (nSPS) is 11.7. The summed E-state index contributed by atoms with van der Waals surface area (Å²) in [5, 5.41) is 7.44. The number of nitrogen functional groups attached to an aromatic ring is 1. The second-order valence-corrected chi connectivity index (χ2v) is 6.85. The van der Waals surface area contributed by atoms with Gasteiger partial charge in [-0.3, -0.25) is 5.41 Å². The predicted molar refractivity (Wildman–Crippen MR) is 122 cm³/mol. The first-order valence-electron chi connectivity index (χ1n) is 9.91. The third-order valence-corrected chi connectivity index (χ3v) is 4.89. The molecular formula is C25H26FN3O. The molecule has 154 valence electrons. The van der Waals surface area contributed by atoms with Gasteiger partial charge in [0.15, 0.2) is 0 Å². The van der Waals surface area contributed by atoms with E-state index in [0.717, 1.165) is 40.0 Å². The van der Waals surface area contributed by atoms with E-state index < -0.39 is 5.97 Å². The molecule has 0 aliphatic rings. The van der Waals surface area contributed by atoms with Crippen molar-refractivity contribution in [3.8, 4) is 5.75 Å². The third-order valence-electron chi connectivity index (χ3n) is 4.89. The maximum Gasteiger partial charge on any atom is 0.214 e. The van der Waals surface area contributed by atoms with Gasteiger partial charge in [0.25, 0.3) is 0 Å². The minimum absolute atomic E-state index is 0.0939. The lowest BCUT2D eigenvalue weighted by molar-refractivity contribution is 0.328. The van der Waals surface area contributed by atoms with Crippen LogP contribution in [0.4, 0.5) is 10.1 Å². The fraction of sp³-hybridized carbons (Fsp3) is 0.160. The molecule has 0 unspecified atom stereocenters. The number of benzene rings is 3. The molecule has 5 heteroatoms. The summed E-state index contributed by atoms with van der Waals surface area (Å²) in [4.78, 5) is 0. The van der Waals surface area contributed by atoms with Crippen molar-refractivity contribution in [2.75, 3.05) is 18.9 Å². The first-order chi connectivity index (χ1) is 14.5. The van der Waals surface area contributed by atoms with E-state index in [1.54, 1.807) is 12.1 Å². The van der Waals surface area contributed by atoms with Gasteiger partial charge in [0, 0.05) is 12.2 Å². The Kier molecular flexibility index (Phi) is 6.99. The van der Waals surface area contributed by atoms with Crippen LogP contribution in [0.15, 0.2) is 72.8 Å². The highest BCUT2D eigenvalue weighted by Crippen LogP contribution is 2.36. The molecule has 4 nitrogen and oxygen atoms in total. The lowest BCUT2D eigenvalue weighted by Gasteiger charge is -2.18. The fourth-order valence-corrected chi connectivity index (χ4v) is 3.48. The van der Waals surface area contributed by atoms with Gasteiger partial charge in [0.1, 0.15) is 12.4 Å². The Bertz CT molecular complexity index is 1040. The molecule has 30 heavy (non-hydrogen) atoms. The predicted octanol–water partition coefficient (Wildman–Crippen LogP) is 5.27. The molecule has 3 rings (SSSR count). The first kappa shape index (κ1) is 21.3. The van der Waals surface area contributed by atoms with Crippen LogP contribution >= 0.6 is 0 Å². The number of nitrogens with one attached hydrogen (secondary N) is 1. The number of halogens is 1. The molecule has 0 heterocycles. The van der Waals surface area contributed by atoms with Crippen molar-refractivity contribution >= 4 is 22.8 Å². The average Bonchev–Trinajstić information content (AvgIpc) is 2.77. The van der Waals surface area contributed by atoms with Crippen molar-refractivity contribution in [3.05, 3.63) is 95.1 Å². The van der Waals surface area contributed by atoms with E-state index in [4.69, 9.17) is 21.6 Å². The molecule has 0 aromatic heterocycles. The SMILES string of the molecule is CC/C(=C(/c1ccc(OCCN)cc1)c1ccc(N)c(C(=N)F)c1)c1ccccc1. The Morgan fingerprint density at radius 3 is 2.20 bits per heavy atom. The van der Waals surface area contributed by atoms with Gasteiger partial charge in [-0.05, 0) is 58.5 Å². The Balaban J connectivity index is 2.21. The quantitative estimate of drug-likeness (QED) is 0.272. The summed E-state index contributed by atoms with van der Waals surface area (Å²) in [5.41, 5.74) is 16.7. The monoisotopic (exact) mass is 403 g/mol. The van der Waals surface area contributed by atoms with E-state index in [1.807, 2.05) is 48.5 Å². The summed E-state index contributed by atoms with van der Waals surface area (Å²) >= 11 is 0. The lowest BCUT2D eigenvalue weighted by Crippen LogP contribution is -2.10. The van der Waals surface area contributed by atoms with Gasteiger partial charge < -0.3 is 16.2 Å². The van der Waals surface area contributed by atoms with Crippen molar-refractivity contribution in [1.82, 2.24) is 0 Å². The van der Waals surface area contributed by atoms with Crippen molar-refractivity contribution in [2.45, 2.75) is 13.3 Å². The van der Waals surface area contributed by atoms with Gasteiger partial charge in [-0.25, -0.2) is 0 Å². The minimum Gasteiger partial charge on any atom is -0.492 e. The average molecular weight is 404 g/mol. The summed E-state index contributed by atoms with van der Waals surface area (Å²) in [7, 11) is 0. The number of rotatable bonds is 8. The van der Waals surface area contributed by atoms with Gasteiger partial charge >= 0.3 is 0 Å². The van der Waals surface area contributed by atoms with Crippen LogP contribution < -0.4 is 16.2 Å². The van der Waals surface area contributed by atoms with Crippen LogP contribution in [-0.4, -0.2) is 19.1 Å². The molecule has 0 aliphatic carbocycles. The molecule has 0 spiro atoms. The maximum atomic E-state index is 13.8.